The van der Waals surface area contributed by atoms with E-state index in [4.69, 9.17) is 9.47 Å². The SMILES string of the molecule is CCOc1cc(NC2CC(OCC)C2)cc([N+](=O)[O-])c1. The lowest BCUT2D eigenvalue weighted by atomic mass is 9.89. The van der Waals surface area contributed by atoms with E-state index >= 15 is 0 Å². The lowest BCUT2D eigenvalue weighted by Gasteiger charge is -2.36. The first-order valence-corrected chi connectivity index (χ1v) is 6.92. The molecule has 6 heteroatoms. The summed E-state index contributed by atoms with van der Waals surface area (Å²) in [5.74, 6) is 0.518. The van der Waals surface area contributed by atoms with E-state index in [1.165, 1.54) is 12.1 Å². The Morgan fingerprint density at radius 3 is 2.65 bits per heavy atom. The van der Waals surface area contributed by atoms with E-state index in [0.717, 1.165) is 25.1 Å². The fraction of sp³-hybridized carbons (Fsp3) is 0.571. The van der Waals surface area contributed by atoms with Crippen molar-refractivity contribution in [1.29, 1.82) is 0 Å². The molecular formula is C14H20N2O4. The van der Waals surface area contributed by atoms with E-state index < -0.39 is 4.92 Å². The van der Waals surface area contributed by atoms with Gasteiger partial charge in [-0.25, -0.2) is 0 Å². The second-order valence-electron chi connectivity index (χ2n) is 4.80. The van der Waals surface area contributed by atoms with Crippen molar-refractivity contribution in [3.63, 3.8) is 0 Å². The van der Waals surface area contributed by atoms with Crippen molar-refractivity contribution in [3.8, 4) is 5.75 Å². The molecule has 1 aliphatic rings. The van der Waals surface area contributed by atoms with Crippen LogP contribution in [0.4, 0.5) is 11.4 Å². The summed E-state index contributed by atoms with van der Waals surface area (Å²) in [6.07, 6.45) is 2.17. The molecule has 0 saturated heterocycles. The molecule has 0 radical (unpaired) electrons. The number of hydrogen-bond acceptors (Lipinski definition) is 5. The maximum Gasteiger partial charge on any atom is 0.275 e. The van der Waals surface area contributed by atoms with E-state index in [0.29, 0.717) is 24.5 Å². The van der Waals surface area contributed by atoms with Gasteiger partial charge in [-0.2, -0.15) is 0 Å². The number of benzene rings is 1. The van der Waals surface area contributed by atoms with Crippen LogP contribution in [-0.2, 0) is 4.74 Å². The number of non-ortho nitro benzene ring substituents is 1. The molecule has 0 heterocycles. The number of hydrogen-bond donors (Lipinski definition) is 1. The normalized spacial score (nSPS) is 21.1. The van der Waals surface area contributed by atoms with Gasteiger partial charge in [-0.3, -0.25) is 10.1 Å². The minimum Gasteiger partial charge on any atom is -0.494 e. The Bertz CT molecular complexity index is 472. The van der Waals surface area contributed by atoms with Crippen molar-refractivity contribution in [3.05, 3.63) is 28.3 Å². The van der Waals surface area contributed by atoms with E-state index in [9.17, 15) is 10.1 Å². The minimum absolute atomic E-state index is 0.0409. The van der Waals surface area contributed by atoms with Crippen molar-refractivity contribution in [1.82, 2.24) is 0 Å². The van der Waals surface area contributed by atoms with Gasteiger partial charge in [-0.05, 0) is 26.7 Å². The number of ether oxygens (including phenoxy) is 2. The van der Waals surface area contributed by atoms with E-state index in [1.807, 2.05) is 13.8 Å². The zero-order valence-electron chi connectivity index (χ0n) is 11.8. The average Bonchev–Trinajstić information content (AvgIpc) is 2.36. The molecule has 0 amide bonds. The Hall–Kier alpha value is -1.82. The van der Waals surface area contributed by atoms with Gasteiger partial charge in [0.25, 0.3) is 5.69 Å². The third kappa shape index (κ3) is 3.60. The number of nitro groups is 1. The summed E-state index contributed by atoms with van der Waals surface area (Å²) in [5.41, 5.74) is 0.765. The van der Waals surface area contributed by atoms with Crippen LogP contribution in [-0.4, -0.2) is 30.3 Å². The van der Waals surface area contributed by atoms with Gasteiger partial charge in [0.05, 0.1) is 23.7 Å². The maximum absolute atomic E-state index is 10.9. The summed E-state index contributed by atoms with van der Waals surface area (Å²) in [7, 11) is 0. The summed E-state index contributed by atoms with van der Waals surface area (Å²) in [4.78, 5) is 10.5. The highest BCUT2D eigenvalue weighted by Crippen LogP contribution is 2.31. The van der Waals surface area contributed by atoms with Crippen molar-refractivity contribution in [2.45, 2.75) is 38.8 Å². The summed E-state index contributed by atoms with van der Waals surface area (Å²) in [5, 5.41) is 14.2. The molecule has 0 aromatic heterocycles. The Balaban J connectivity index is 2.02. The molecule has 1 aromatic carbocycles. The number of nitro benzene ring substituents is 1. The molecule has 0 bridgehead atoms. The molecule has 0 spiro atoms. The van der Waals surface area contributed by atoms with Crippen LogP contribution in [0.5, 0.6) is 5.75 Å². The van der Waals surface area contributed by atoms with Crippen LogP contribution < -0.4 is 10.1 Å². The van der Waals surface area contributed by atoms with Crippen LogP contribution in [0.15, 0.2) is 18.2 Å². The molecule has 0 aliphatic heterocycles. The first-order chi connectivity index (χ1) is 9.62. The summed E-state index contributed by atoms with van der Waals surface area (Å²) < 4.78 is 10.9. The van der Waals surface area contributed by atoms with E-state index in [2.05, 4.69) is 5.32 Å². The molecular weight excluding hydrogens is 260 g/mol. The predicted molar refractivity (Wildman–Crippen MR) is 76.3 cm³/mol. The summed E-state index contributed by atoms with van der Waals surface area (Å²) in [6.45, 7) is 5.04. The van der Waals surface area contributed by atoms with Crippen molar-refractivity contribution in [2.75, 3.05) is 18.5 Å². The second-order valence-corrected chi connectivity index (χ2v) is 4.80. The van der Waals surface area contributed by atoms with Crippen molar-refractivity contribution in [2.24, 2.45) is 0 Å². The molecule has 1 N–H and O–H groups in total. The Morgan fingerprint density at radius 2 is 2.05 bits per heavy atom. The molecule has 1 fully saturated rings. The van der Waals surface area contributed by atoms with Gasteiger partial charge in [0.15, 0.2) is 0 Å². The smallest absolute Gasteiger partial charge is 0.275 e. The van der Waals surface area contributed by atoms with Gasteiger partial charge in [0, 0.05) is 30.5 Å². The van der Waals surface area contributed by atoms with Crippen LogP contribution in [0.1, 0.15) is 26.7 Å². The van der Waals surface area contributed by atoms with E-state index in [-0.39, 0.29) is 5.69 Å². The predicted octanol–water partition coefficient (Wildman–Crippen LogP) is 2.97. The third-order valence-corrected chi connectivity index (χ3v) is 3.28. The number of anilines is 1. The lowest BCUT2D eigenvalue weighted by molar-refractivity contribution is -0.384. The standard InChI is InChI=1S/C14H20N2O4/c1-3-19-13-7-11(8-13)15-10-5-12(16(17)18)9-14(6-10)20-4-2/h5-6,9,11,13,15H,3-4,7-8H2,1-2H3. The van der Waals surface area contributed by atoms with Gasteiger partial charge in [-0.1, -0.05) is 0 Å². The van der Waals surface area contributed by atoms with Gasteiger partial charge in [-0.15, -0.1) is 0 Å². The van der Waals surface area contributed by atoms with Crippen molar-refractivity contribution >= 4 is 11.4 Å². The summed E-state index contributed by atoms with van der Waals surface area (Å²) in [6, 6.07) is 5.09. The number of rotatable bonds is 7. The molecule has 1 aromatic rings. The Kier molecular flexibility index (Phi) is 4.79. The fourth-order valence-corrected chi connectivity index (χ4v) is 2.31. The maximum atomic E-state index is 10.9. The molecule has 0 atom stereocenters. The largest absolute Gasteiger partial charge is 0.494 e. The van der Waals surface area contributed by atoms with Crippen molar-refractivity contribution < 1.29 is 14.4 Å². The van der Waals surface area contributed by atoms with Gasteiger partial charge in [0.2, 0.25) is 0 Å². The average molecular weight is 280 g/mol. The molecule has 0 unspecified atom stereocenters. The van der Waals surface area contributed by atoms with Crippen LogP contribution >= 0.6 is 0 Å². The topological polar surface area (TPSA) is 73.6 Å². The first kappa shape index (κ1) is 14.6. The van der Waals surface area contributed by atoms with Crippen LogP contribution in [0.25, 0.3) is 0 Å². The molecule has 110 valence electrons. The molecule has 2 rings (SSSR count). The van der Waals surface area contributed by atoms with Gasteiger partial charge < -0.3 is 14.8 Å². The van der Waals surface area contributed by atoms with Crippen LogP contribution in [0, 0.1) is 10.1 Å². The third-order valence-electron chi connectivity index (χ3n) is 3.28. The lowest BCUT2D eigenvalue weighted by Crippen LogP contribution is -2.40. The Morgan fingerprint density at radius 1 is 1.30 bits per heavy atom. The summed E-state index contributed by atoms with van der Waals surface area (Å²) >= 11 is 0. The number of nitrogens with zero attached hydrogens (tertiary/aromatic N) is 1. The van der Waals surface area contributed by atoms with Crippen LogP contribution in [0.3, 0.4) is 0 Å². The highest BCUT2D eigenvalue weighted by molar-refractivity contribution is 5.57. The van der Waals surface area contributed by atoms with Gasteiger partial charge >= 0.3 is 0 Å². The number of nitrogens with one attached hydrogen (secondary N) is 1. The molecule has 20 heavy (non-hydrogen) atoms. The fourth-order valence-electron chi connectivity index (χ4n) is 2.31. The van der Waals surface area contributed by atoms with E-state index in [1.54, 1.807) is 6.07 Å². The first-order valence-electron chi connectivity index (χ1n) is 6.92. The second kappa shape index (κ2) is 6.56. The zero-order valence-corrected chi connectivity index (χ0v) is 11.8. The highest BCUT2D eigenvalue weighted by atomic mass is 16.6. The monoisotopic (exact) mass is 280 g/mol. The Labute approximate surface area is 118 Å². The zero-order chi connectivity index (χ0) is 14.5. The minimum atomic E-state index is -0.405. The molecule has 6 nitrogen and oxygen atoms in total. The van der Waals surface area contributed by atoms with Gasteiger partial charge in [0.1, 0.15) is 5.75 Å². The van der Waals surface area contributed by atoms with Crippen LogP contribution in [0.2, 0.25) is 0 Å². The molecule has 1 aliphatic carbocycles. The highest BCUT2D eigenvalue weighted by Gasteiger charge is 2.29. The molecule has 1 saturated carbocycles. The quantitative estimate of drug-likeness (QED) is 0.614.